The quantitative estimate of drug-likeness (QED) is 0.438. The average molecular weight is 400 g/mol. The van der Waals surface area contributed by atoms with Gasteiger partial charge < -0.3 is 4.90 Å². The molecular formula is C22H16F4N2O. The Hall–Kier alpha value is -3.22. The molecule has 0 unspecified atom stereocenters. The third-order valence-corrected chi connectivity index (χ3v) is 5.02. The van der Waals surface area contributed by atoms with Crippen LogP contribution in [-0.4, -0.2) is 17.8 Å². The number of halogens is 4. The molecule has 1 aliphatic rings. The van der Waals surface area contributed by atoms with Crippen molar-refractivity contribution >= 4 is 17.8 Å². The molecule has 4 rings (SSSR count). The highest BCUT2D eigenvalue weighted by atomic mass is 19.4. The molecule has 0 spiro atoms. The summed E-state index contributed by atoms with van der Waals surface area (Å²) in [4.78, 5) is 17.5. The van der Waals surface area contributed by atoms with Crippen LogP contribution >= 0.6 is 0 Å². The summed E-state index contributed by atoms with van der Waals surface area (Å²) in [5.41, 5.74) is 2.10. The number of anilines is 2. The van der Waals surface area contributed by atoms with Gasteiger partial charge in [-0.25, -0.2) is 9.37 Å². The molecule has 0 fully saturated rings. The lowest BCUT2D eigenvalue weighted by molar-refractivity contribution is -0.137. The first-order valence-electron chi connectivity index (χ1n) is 9.02. The molecule has 1 aromatic heterocycles. The highest BCUT2D eigenvalue weighted by Gasteiger charge is 2.30. The summed E-state index contributed by atoms with van der Waals surface area (Å²) >= 11 is 0. The van der Waals surface area contributed by atoms with Gasteiger partial charge in [0.25, 0.3) is 0 Å². The number of carbonyl (C=O) groups is 1. The van der Waals surface area contributed by atoms with Crippen molar-refractivity contribution in [2.75, 3.05) is 11.4 Å². The van der Waals surface area contributed by atoms with Crippen molar-refractivity contribution in [3.63, 3.8) is 0 Å². The lowest BCUT2D eigenvalue weighted by Crippen LogP contribution is -2.15. The molecular weight excluding hydrogens is 384 g/mol. The van der Waals surface area contributed by atoms with Gasteiger partial charge in [0.05, 0.1) is 11.1 Å². The van der Waals surface area contributed by atoms with E-state index in [9.17, 15) is 22.4 Å². The van der Waals surface area contributed by atoms with Crippen LogP contribution in [0.5, 0.6) is 0 Å². The van der Waals surface area contributed by atoms with Gasteiger partial charge in [0.2, 0.25) is 0 Å². The van der Waals surface area contributed by atoms with Gasteiger partial charge in [-0.3, -0.25) is 4.79 Å². The molecule has 0 N–H and O–H groups in total. The minimum atomic E-state index is -4.38. The van der Waals surface area contributed by atoms with Crippen LogP contribution in [0.1, 0.15) is 32.6 Å². The number of fused-ring (bicyclic) bond motifs is 1. The monoisotopic (exact) mass is 400 g/mol. The first-order chi connectivity index (χ1) is 13.9. The summed E-state index contributed by atoms with van der Waals surface area (Å²) in [5.74, 6) is 0.0588. The van der Waals surface area contributed by atoms with Crippen LogP contribution in [-0.2, 0) is 19.0 Å². The number of aldehydes is 1. The fourth-order valence-electron chi connectivity index (χ4n) is 3.66. The molecule has 1 aliphatic heterocycles. The topological polar surface area (TPSA) is 33.2 Å². The van der Waals surface area contributed by atoms with Crippen molar-refractivity contribution in [2.45, 2.75) is 19.0 Å². The van der Waals surface area contributed by atoms with E-state index in [-0.39, 0.29) is 5.56 Å². The zero-order valence-electron chi connectivity index (χ0n) is 15.2. The maximum atomic E-state index is 13.9. The zero-order valence-corrected chi connectivity index (χ0v) is 15.2. The summed E-state index contributed by atoms with van der Waals surface area (Å²) in [6, 6.07) is 11.7. The number of pyridine rings is 1. The van der Waals surface area contributed by atoms with Crippen LogP contribution in [0.4, 0.5) is 29.1 Å². The van der Waals surface area contributed by atoms with Gasteiger partial charge >= 0.3 is 6.18 Å². The van der Waals surface area contributed by atoms with Crippen LogP contribution in [0.15, 0.2) is 54.7 Å². The van der Waals surface area contributed by atoms with Crippen LogP contribution in [0.3, 0.4) is 0 Å². The number of rotatable bonds is 4. The SMILES string of the molecule is O=Cc1c(F)ccc2c1CCN2c1cc(Cc2cccc(C(F)(F)F)c2)ccn1. The Labute approximate surface area is 164 Å². The molecule has 0 saturated heterocycles. The maximum Gasteiger partial charge on any atom is 0.416 e. The molecule has 0 radical (unpaired) electrons. The van der Waals surface area contributed by atoms with Crippen molar-refractivity contribution in [1.82, 2.24) is 4.98 Å². The van der Waals surface area contributed by atoms with Crippen LogP contribution in [0, 0.1) is 5.82 Å². The van der Waals surface area contributed by atoms with Gasteiger partial charge in [0.1, 0.15) is 11.6 Å². The molecule has 0 bridgehead atoms. The highest BCUT2D eigenvalue weighted by molar-refractivity contribution is 5.84. The Bertz CT molecular complexity index is 1080. The van der Waals surface area contributed by atoms with Gasteiger partial charge in [0.15, 0.2) is 6.29 Å². The Balaban J connectivity index is 1.63. The molecule has 7 heteroatoms. The van der Waals surface area contributed by atoms with E-state index in [2.05, 4.69) is 4.98 Å². The third kappa shape index (κ3) is 3.72. The molecule has 148 valence electrons. The van der Waals surface area contributed by atoms with Crippen molar-refractivity contribution in [2.24, 2.45) is 0 Å². The lowest BCUT2D eigenvalue weighted by atomic mass is 10.0. The number of benzene rings is 2. The Morgan fingerprint density at radius 1 is 1.07 bits per heavy atom. The zero-order chi connectivity index (χ0) is 20.6. The first kappa shape index (κ1) is 19.1. The summed E-state index contributed by atoms with van der Waals surface area (Å²) < 4.78 is 52.7. The number of alkyl halides is 3. The number of nitrogens with zero attached hydrogens (tertiary/aromatic N) is 2. The third-order valence-electron chi connectivity index (χ3n) is 5.02. The number of aromatic nitrogens is 1. The second-order valence-electron chi connectivity index (χ2n) is 6.88. The van der Waals surface area contributed by atoms with Crippen molar-refractivity contribution in [3.05, 3.63) is 88.4 Å². The maximum absolute atomic E-state index is 13.9. The summed E-state index contributed by atoms with van der Waals surface area (Å²) in [5, 5.41) is 0. The van der Waals surface area contributed by atoms with Gasteiger partial charge in [-0.15, -0.1) is 0 Å². The second kappa shape index (κ2) is 7.31. The van der Waals surface area contributed by atoms with E-state index < -0.39 is 17.6 Å². The van der Waals surface area contributed by atoms with E-state index in [1.807, 2.05) is 4.90 Å². The largest absolute Gasteiger partial charge is 0.416 e. The van der Waals surface area contributed by atoms with E-state index in [0.29, 0.717) is 42.6 Å². The minimum absolute atomic E-state index is 0.0603. The van der Waals surface area contributed by atoms with E-state index in [1.54, 1.807) is 30.5 Å². The smallest absolute Gasteiger partial charge is 0.326 e. The van der Waals surface area contributed by atoms with Crippen LogP contribution in [0.2, 0.25) is 0 Å². The fourth-order valence-corrected chi connectivity index (χ4v) is 3.66. The fraction of sp³-hybridized carbons (Fsp3) is 0.182. The van der Waals surface area contributed by atoms with Gasteiger partial charge in [-0.05, 0) is 59.9 Å². The average Bonchev–Trinajstić information content (AvgIpc) is 3.12. The van der Waals surface area contributed by atoms with Crippen molar-refractivity contribution in [1.29, 1.82) is 0 Å². The predicted molar refractivity (Wildman–Crippen MR) is 101 cm³/mol. The molecule has 2 aromatic carbocycles. The number of hydrogen-bond donors (Lipinski definition) is 0. The minimum Gasteiger partial charge on any atom is -0.326 e. The molecule has 0 aliphatic carbocycles. The molecule has 29 heavy (non-hydrogen) atoms. The molecule has 0 amide bonds. The molecule has 0 saturated carbocycles. The first-order valence-corrected chi connectivity index (χ1v) is 9.02. The van der Waals surface area contributed by atoms with Gasteiger partial charge in [-0.2, -0.15) is 13.2 Å². The van der Waals surface area contributed by atoms with Crippen LogP contribution < -0.4 is 4.90 Å². The lowest BCUT2D eigenvalue weighted by Gasteiger charge is -2.19. The van der Waals surface area contributed by atoms with Crippen LogP contribution in [0.25, 0.3) is 0 Å². The van der Waals surface area contributed by atoms with E-state index in [4.69, 9.17) is 0 Å². The molecule has 0 atom stereocenters. The Kier molecular flexibility index (Phi) is 4.82. The Morgan fingerprint density at radius 2 is 1.86 bits per heavy atom. The summed E-state index contributed by atoms with van der Waals surface area (Å²) in [6.07, 6.45) is -1.43. The number of hydrogen-bond acceptors (Lipinski definition) is 3. The molecule has 3 aromatic rings. The van der Waals surface area contributed by atoms with Crippen molar-refractivity contribution < 1.29 is 22.4 Å². The normalized spacial score (nSPS) is 13.4. The van der Waals surface area contributed by atoms with Gasteiger partial charge in [-0.1, -0.05) is 18.2 Å². The Morgan fingerprint density at radius 3 is 2.62 bits per heavy atom. The molecule has 2 heterocycles. The van der Waals surface area contributed by atoms with E-state index in [1.165, 1.54) is 12.1 Å². The highest BCUT2D eigenvalue weighted by Crippen LogP contribution is 2.36. The summed E-state index contributed by atoms with van der Waals surface area (Å²) in [6.45, 7) is 0.541. The van der Waals surface area contributed by atoms with E-state index >= 15 is 0 Å². The van der Waals surface area contributed by atoms with Crippen molar-refractivity contribution in [3.8, 4) is 0 Å². The number of carbonyl (C=O) groups excluding carboxylic acids is 1. The predicted octanol–water partition coefficient (Wildman–Crippen LogP) is 5.34. The summed E-state index contributed by atoms with van der Waals surface area (Å²) in [7, 11) is 0. The standard InChI is InChI=1S/C22H16F4N2O/c23-19-4-5-20-17(18(19)13-29)7-9-28(20)21-12-15(6-8-27-21)10-14-2-1-3-16(11-14)22(24,25)26/h1-6,8,11-13H,7,9-10H2. The van der Waals surface area contributed by atoms with E-state index in [0.717, 1.165) is 23.4 Å². The van der Waals surface area contributed by atoms with Gasteiger partial charge in [0, 0.05) is 18.4 Å². The molecule has 3 nitrogen and oxygen atoms in total. The second-order valence-corrected chi connectivity index (χ2v) is 6.88.